The molecule has 1 aliphatic heterocycles. The smallest absolute Gasteiger partial charge is 0.340 e. The molecule has 1 aromatic carbocycles. The van der Waals surface area contributed by atoms with Crippen molar-refractivity contribution in [1.82, 2.24) is 25.0 Å². The maximum Gasteiger partial charge on any atom is 0.340 e. The summed E-state index contributed by atoms with van der Waals surface area (Å²) in [6, 6.07) is 7.24. The predicted octanol–water partition coefficient (Wildman–Crippen LogP) is 0.752. The molecule has 3 heterocycles. The number of halogens is 1. The van der Waals surface area contributed by atoms with Crippen LogP contribution in [0.1, 0.15) is 17.6 Å². The summed E-state index contributed by atoms with van der Waals surface area (Å²) in [5.74, 6) is -0.711. The summed E-state index contributed by atoms with van der Waals surface area (Å²) in [4.78, 5) is 36.1. The lowest BCUT2D eigenvalue weighted by Crippen LogP contribution is -2.33. The Bertz CT molecular complexity index is 1350. The van der Waals surface area contributed by atoms with Crippen molar-refractivity contribution in [3.63, 3.8) is 0 Å². The lowest BCUT2D eigenvalue weighted by Gasteiger charge is -2.18. The number of ether oxygens (including phenoxy) is 1. The lowest BCUT2D eigenvalue weighted by molar-refractivity contribution is -0.0550. The molecule has 1 saturated heterocycles. The second kappa shape index (κ2) is 10.4. The van der Waals surface area contributed by atoms with Gasteiger partial charge < -0.3 is 39.5 Å². The highest BCUT2D eigenvalue weighted by atomic mass is 35.5. The van der Waals surface area contributed by atoms with E-state index in [1.165, 1.54) is 0 Å². The van der Waals surface area contributed by atoms with E-state index in [1.54, 1.807) is 19.1 Å². The van der Waals surface area contributed by atoms with Crippen molar-refractivity contribution in [3.8, 4) is 0 Å². The van der Waals surface area contributed by atoms with Crippen LogP contribution in [0.2, 0.25) is 5.02 Å². The van der Waals surface area contributed by atoms with E-state index >= 15 is 0 Å². The first-order valence-corrected chi connectivity index (χ1v) is 14.4. The summed E-state index contributed by atoms with van der Waals surface area (Å²) in [7, 11) is -9.52. The van der Waals surface area contributed by atoms with Crippen LogP contribution in [0.25, 0.3) is 11.2 Å². The summed E-state index contributed by atoms with van der Waals surface area (Å²) >= 11 is 6.20. The number of aliphatic hydroxyl groups excluding tert-OH is 2. The molecular weight excluding hydrogens is 542 g/mol. The molecule has 4 rings (SSSR count). The van der Waals surface area contributed by atoms with Gasteiger partial charge in [0.25, 0.3) is 0 Å². The van der Waals surface area contributed by atoms with Crippen LogP contribution in [0.5, 0.6) is 0 Å². The van der Waals surface area contributed by atoms with Crippen molar-refractivity contribution in [3.05, 3.63) is 40.7 Å². The van der Waals surface area contributed by atoms with Gasteiger partial charge in [-0.25, -0.2) is 9.97 Å². The van der Waals surface area contributed by atoms with Crippen LogP contribution in [0.3, 0.4) is 0 Å². The molecule has 0 bridgehead atoms. The van der Waals surface area contributed by atoms with E-state index in [4.69, 9.17) is 30.6 Å². The summed E-state index contributed by atoms with van der Waals surface area (Å²) < 4.78 is 34.4. The molecule has 36 heavy (non-hydrogen) atoms. The Hall–Kier alpha value is -2.03. The van der Waals surface area contributed by atoms with Crippen LogP contribution >= 0.6 is 26.8 Å². The van der Waals surface area contributed by atoms with E-state index in [2.05, 4.69) is 25.6 Å². The first kappa shape index (κ1) is 27.0. The molecule has 0 aliphatic carbocycles. The summed E-state index contributed by atoms with van der Waals surface area (Å²) in [5.41, 5.74) is 1.24. The van der Waals surface area contributed by atoms with Gasteiger partial charge in [0.1, 0.15) is 24.1 Å². The summed E-state index contributed by atoms with van der Waals surface area (Å²) in [6.07, 6.45) is -5.75. The Morgan fingerprint density at radius 1 is 1.17 bits per heavy atom. The van der Waals surface area contributed by atoms with Gasteiger partial charge in [-0.1, -0.05) is 35.0 Å². The van der Waals surface area contributed by atoms with Crippen molar-refractivity contribution in [1.29, 1.82) is 0 Å². The maximum atomic E-state index is 11.9. The molecule has 1 unspecified atom stereocenters. The van der Waals surface area contributed by atoms with Gasteiger partial charge in [0, 0.05) is 11.6 Å². The molecule has 3 aromatic rings. The molecule has 196 valence electrons. The Morgan fingerprint density at radius 2 is 1.89 bits per heavy atom. The highest BCUT2D eigenvalue weighted by Gasteiger charge is 2.46. The number of benzene rings is 1. The van der Waals surface area contributed by atoms with Gasteiger partial charge in [-0.05, 0) is 18.6 Å². The molecule has 5 atom stereocenters. The zero-order valence-corrected chi connectivity index (χ0v) is 21.2. The molecular formula is C18H23ClN6O9P2. The zero-order chi connectivity index (χ0) is 26.3. The molecule has 0 spiro atoms. The van der Waals surface area contributed by atoms with E-state index < -0.39 is 52.2 Å². The minimum Gasteiger partial charge on any atom is -0.387 e. The molecule has 1 fully saturated rings. The van der Waals surface area contributed by atoms with Gasteiger partial charge in [0.2, 0.25) is 0 Å². The van der Waals surface area contributed by atoms with Crippen molar-refractivity contribution < 1.29 is 43.3 Å². The third-order valence-corrected chi connectivity index (χ3v) is 9.05. The number of anilines is 1. The van der Waals surface area contributed by atoms with Crippen molar-refractivity contribution >= 4 is 43.8 Å². The van der Waals surface area contributed by atoms with Gasteiger partial charge in [-0.3, -0.25) is 9.13 Å². The molecule has 1 aliphatic rings. The number of hydrogen-bond acceptors (Lipinski definition) is 11. The highest BCUT2D eigenvalue weighted by molar-refractivity contribution is 7.70. The minimum atomic E-state index is -4.83. The fraction of sp³-hybridized carbons (Fsp3) is 0.444. The standard InChI is InChI=1S/C18H23ClN6O9P2/c1-9-21-16(20-6-10-4-2-3-5-11(10)19)13-17(22-9)25(24-23-13)18-15(27)14(26)12(34-18)7-33-36(31,32)8-35(28,29)30/h2-5,12,14-15,18,26-27H,6-8H2,1H3,(H,31,32)(H,20,21,22)(H2,28,29,30)/t12-,14-,15-,18-/m1/s1. The molecule has 6 N–H and O–H groups in total. The minimum absolute atomic E-state index is 0.177. The molecule has 0 amide bonds. The quantitative estimate of drug-likeness (QED) is 0.197. The maximum absolute atomic E-state index is 11.9. The van der Waals surface area contributed by atoms with Crippen molar-refractivity contribution in [2.75, 3.05) is 17.8 Å². The Balaban J connectivity index is 1.53. The average molecular weight is 565 g/mol. The van der Waals surface area contributed by atoms with Gasteiger partial charge in [0.15, 0.2) is 29.1 Å². The van der Waals surface area contributed by atoms with Gasteiger partial charge in [0.05, 0.1) is 6.61 Å². The predicted molar refractivity (Wildman–Crippen MR) is 125 cm³/mol. The van der Waals surface area contributed by atoms with Crippen LogP contribution in [0.4, 0.5) is 5.82 Å². The van der Waals surface area contributed by atoms with Crippen LogP contribution in [0.15, 0.2) is 24.3 Å². The number of aromatic nitrogens is 5. The second-order valence-electron chi connectivity index (χ2n) is 8.06. The molecule has 2 aromatic heterocycles. The van der Waals surface area contributed by atoms with Gasteiger partial charge in [-0.2, -0.15) is 4.68 Å². The number of fused-ring (bicyclic) bond motifs is 1. The van der Waals surface area contributed by atoms with E-state index in [0.29, 0.717) is 23.2 Å². The molecule has 18 heteroatoms. The fourth-order valence-electron chi connectivity index (χ4n) is 3.59. The van der Waals surface area contributed by atoms with E-state index in [-0.39, 0.29) is 11.2 Å². The summed E-state index contributed by atoms with van der Waals surface area (Å²) in [5, 5.41) is 32.7. The Labute approximate surface area is 208 Å². The third kappa shape index (κ3) is 6.09. The number of hydrogen-bond donors (Lipinski definition) is 6. The lowest BCUT2D eigenvalue weighted by atomic mass is 10.1. The number of nitrogens with zero attached hydrogens (tertiary/aromatic N) is 5. The highest BCUT2D eigenvalue weighted by Crippen LogP contribution is 2.55. The number of rotatable bonds is 9. The first-order chi connectivity index (χ1) is 16.8. The van der Waals surface area contributed by atoms with Crippen LogP contribution in [0, 0.1) is 6.92 Å². The van der Waals surface area contributed by atoms with Crippen LogP contribution < -0.4 is 5.32 Å². The van der Waals surface area contributed by atoms with Crippen molar-refractivity contribution in [2.24, 2.45) is 0 Å². The largest absolute Gasteiger partial charge is 0.387 e. The van der Waals surface area contributed by atoms with Gasteiger partial charge >= 0.3 is 15.2 Å². The second-order valence-corrected chi connectivity index (χ2v) is 12.5. The monoisotopic (exact) mass is 564 g/mol. The Kier molecular flexibility index (Phi) is 7.79. The van der Waals surface area contributed by atoms with Crippen molar-refractivity contribution in [2.45, 2.75) is 38.0 Å². The van der Waals surface area contributed by atoms with Crippen LogP contribution in [-0.2, 0) is 24.9 Å². The SMILES string of the molecule is Cc1nc(NCc2ccccc2Cl)c2nnn([C@@H]3O[C@H](COP(=O)(O)CP(=O)(O)O)[C@@H](O)[C@H]3O)c2n1. The third-order valence-electron chi connectivity index (χ3n) is 5.22. The normalized spacial score (nSPS) is 24.2. The first-order valence-electron chi connectivity index (χ1n) is 10.4. The zero-order valence-electron chi connectivity index (χ0n) is 18.6. The molecule has 0 radical (unpaired) electrons. The van der Waals surface area contributed by atoms with E-state index in [1.807, 2.05) is 12.1 Å². The topological polar surface area (TPSA) is 222 Å². The number of aliphatic hydroxyl groups is 2. The Morgan fingerprint density at radius 3 is 2.58 bits per heavy atom. The fourth-order valence-corrected chi connectivity index (χ4v) is 6.36. The van der Waals surface area contributed by atoms with Crippen LogP contribution in [-0.4, -0.2) is 80.7 Å². The summed E-state index contributed by atoms with van der Waals surface area (Å²) in [6.45, 7) is 1.23. The number of nitrogens with one attached hydrogen (secondary N) is 1. The average Bonchev–Trinajstić information content (AvgIpc) is 3.31. The van der Waals surface area contributed by atoms with E-state index in [0.717, 1.165) is 10.2 Å². The van der Waals surface area contributed by atoms with E-state index in [9.17, 15) is 24.2 Å². The van der Waals surface area contributed by atoms with Gasteiger partial charge in [-0.15, -0.1) is 5.10 Å². The number of aryl methyl sites for hydroxylation is 1. The molecule has 15 nitrogen and oxygen atoms in total. The molecule has 0 saturated carbocycles.